The first kappa shape index (κ1) is 16.0. The van der Waals surface area contributed by atoms with Crippen LogP contribution in [0.5, 0.6) is 0 Å². The Kier molecular flexibility index (Phi) is 5.76. The van der Waals surface area contributed by atoms with E-state index in [1.165, 1.54) is 0 Å². The predicted octanol–water partition coefficient (Wildman–Crippen LogP) is 1.94. The van der Waals surface area contributed by atoms with Crippen LogP contribution in [0.1, 0.15) is 44.8 Å². The first-order chi connectivity index (χ1) is 10.1. The third kappa shape index (κ3) is 4.54. The molecular weight excluding hydrogens is 270 g/mol. The smallest absolute Gasteiger partial charge is 0.242 e. The van der Waals surface area contributed by atoms with Crippen LogP contribution in [0.15, 0.2) is 10.6 Å². The highest BCUT2D eigenvalue weighted by Gasteiger charge is 2.29. The number of anilines is 1. The minimum Gasteiger partial charge on any atom is -0.393 e. The van der Waals surface area contributed by atoms with Gasteiger partial charge in [-0.15, -0.1) is 0 Å². The van der Waals surface area contributed by atoms with Crippen LogP contribution in [0.2, 0.25) is 0 Å². The van der Waals surface area contributed by atoms with E-state index in [9.17, 15) is 9.90 Å². The summed E-state index contributed by atoms with van der Waals surface area (Å²) in [5.41, 5.74) is 0. The second-order valence-electron chi connectivity index (χ2n) is 5.74. The number of carbonyl (C=O) groups excluding carboxylic acids is 1. The van der Waals surface area contributed by atoms with E-state index >= 15 is 0 Å². The van der Waals surface area contributed by atoms with Gasteiger partial charge in [0.15, 0.2) is 5.82 Å². The molecule has 1 atom stereocenters. The second-order valence-corrected chi connectivity index (χ2v) is 5.74. The molecule has 1 aromatic heterocycles. The predicted molar refractivity (Wildman–Crippen MR) is 80.0 cm³/mol. The summed E-state index contributed by atoms with van der Waals surface area (Å²) in [6, 6.07) is 1.56. The Bertz CT molecular complexity index is 453. The number of nitrogens with zero attached hydrogens (tertiary/aromatic N) is 2. The monoisotopic (exact) mass is 295 g/mol. The summed E-state index contributed by atoms with van der Waals surface area (Å²) in [5.74, 6) is 1.11. The number of hydrogen-bond acceptors (Lipinski definition) is 5. The van der Waals surface area contributed by atoms with Gasteiger partial charge in [-0.2, -0.15) is 0 Å². The minimum absolute atomic E-state index is 0.0341. The number of carbonyl (C=O) groups is 1. The van der Waals surface area contributed by atoms with Crippen molar-refractivity contribution in [2.24, 2.45) is 0 Å². The lowest BCUT2D eigenvalue weighted by atomic mass is 10.0. The summed E-state index contributed by atoms with van der Waals surface area (Å²) in [6.07, 6.45) is 4.14. The third-order valence-electron chi connectivity index (χ3n) is 3.95. The van der Waals surface area contributed by atoms with Gasteiger partial charge in [0.25, 0.3) is 0 Å². The van der Waals surface area contributed by atoms with Crippen molar-refractivity contribution < 1.29 is 14.4 Å². The van der Waals surface area contributed by atoms with E-state index in [1.807, 2.05) is 0 Å². The van der Waals surface area contributed by atoms with Crippen molar-refractivity contribution >= 4 is 11.7 Å². The molecule has 1 amide bonds. The van der Waals surface area contributed by atoms with Crippen molar-refractivity contribution in [1.82, 2.24) is 10.1 Å². The Morgan fingerprint density at radius 1 is 1.57 bits per heavy atom. The number of aromatic nitrogens is 1. The number of unbranched alkanes of at least 4 members (excludes halogenated alkanes) is 1. The Balaban J connectivity index is 1.98. The van der Waals surface area contributed by atoms with Gasteiger partial charge in [-0.1, -0.05) is 24.9 Å². The van der Waals surface area contributed by atoms with Crippen LogP contribution < -0.4 is 5.32 Å². The van der Waals surface area contributed by atoms with Crippen LogP contribution in [0.4, 0.5) is 5.82 Å². The zero-order valence-corrected chi connectivity index (χ0v) is 12.8. The van der Waals surface area contributed by atoms with Crippen molar-refractivity contribution in [3.05, 3.63) is 11.8 Å². The topological polar surface area (TPSA) is 78.6 Å². The first-order valence-electron chi connectivity index (χ1n) is 7.76. The molecule has 2 N–H and O–H groups in total. The zero-order valence-electron chi connectivity index (χ0n) is 12.8. The van der Waals surface area contributed by atoms with E-state index in [1.54, 1.807) is 13.0 Å². The Morgan fingerprint density at radius 3 is 2.86 bits per heavy atom. The van der Waals surface area contributed by atoms with Gasteiger partial charge in [0.2, 0.25) is 5.91 Å². The summed E-state index contributed by atoms with van der Waals surface area (Å²) in [5, 5.41) is 16.3. The molecule has 1 aliphatic heterocycles. The summed E-state index contributed by atoms with van der Waals surface area (Å²) in [4.78, 5) is 14.7. The SMILES string of the molecule is CCCCC(C(=O)Nc1cc(C)on1)N1CCC(O)CC1. The molecular formula is C15H25N3O3. The molecule has 1 aromatic rings. The quantitative estimate of drug-likeness (QED) is 0.838. The van der Waals surface area contributed by atoms with E-state index < -0.39 is 0 Å². The molecule has 0 spiro atoms. The van der Waals surface area contributed by atoms with Gasteiger partial charge in [-0.25, -0.2) is 0 Å². The van der Waals surface area contributed by atoms with Crippen molar-refractivity contribution in [2.45, 2.75) is 58.1 Å². The number of nitrogens with one attached hydrogen (secondary N) is 1. The van der Waals surface area contributed by atoms with Gasteiger partial charge < -0.3 is 14.9 Å². The third-order valence-corrected chi connectivity index (χ3v) is 3.95. The van der Waals surface area contributed by atoms with E-state index in [4.69, 9.17) is 4.52 Å². The van der Waals surface area contributed by atoms with Gasteiger partial charge in [-0.3, -0.25) is 9.69 Å². The largest absolute Gasteiger partial charge is 0.393 e. The Labute approximate surface area is 125 Å². The fourth-order valence-electron chi connectivity index (χ4n) is 2.71. The molecule has 118 valence electrons. The maximum atomic E-state index is 12.5. The van der Waals surface area contributed by atoms with Crippen molar-refractivity contribution in [2.75, 3.05) is 18.4 Å². The fraction of sp³-hybridized carbons (Fsp3) is 0.733. The standard InChI is InChI=1S/C15H25N3O3/c1-3-4-5-13(18-8-6-12(19)7-9-18)15(20)16-14-10-11(2)21-17-14/h10,12-13,19H,3-9H2,1-2H3,(H,16,17,20). The second kappa shape index (κ2) is 7.56. The Hall–Kier alpha value is -1.40. The molecule has 2 heterocycles. The fourth-order valence-corrected chi connectivity index (χ4v) is 2.71. The molecule has 0 aliphatic carbocycles. The lowest BCUT2D eigenvalue weighted by Crippen LogP contribution is -2.48. The number of amides is 1. The molecule has 21 heavy (non-hydrogen) atoms. The molecule has 2 rings (SSSR count). The number of piperidine rings is 1. The summed E-state index contributed by atoms with van der Waals surface area (Å²) in [7, 11) is 0. The normalized spacial score (nSPS) is 18.6. The molecule has 1 aliphatic rings. The van der Waals surface area contributed by atoms with Crippen LogP contribution in [-0.4, -0.2) is 46.3 Å². The maximum absolute atomic E-state index is 12.5. The van der Waals surface area contributed by atoms with E-state index in [2.05, 4.69) is 22.3 Å². The lowest BCUT2D eigenvalue weighted by molar-refractivity contribution is -0.122. The summed E-state index contributed by atoms with van der Waals surface area (Å²) >= 11 is 0. The van der Waals surface area contributed by atoms with Gasteiger partial charge in [0.05, 0.1) is 12.1 Å². The van der Waals surface area contributed by atoms with Gasteiger partial charge in [-0.05, 0) is 26.2 Å². The van der Waals surface area contributed by atoms with Crippen LogP contribution in [0, 0.1) is 6.92 Å². The van der Waals surface area contributed by atoms with E-state index in [0.29, 0.717) is 11.6 Å². The number of aliphatic hydroxyl groups excluding tert-OH is 1. The summed E-state index contributed by atoms with van der Waals surface area (Å²) < 4.78 is 4.97. The highest BCUT2D eigenvalue weighted by atomic mass is 16.5. The first-order valence-corrected chi connectivity index (χ1v) is 7.76. The molecule has 0 aromatic carbocycles. The van der Waals surface area contributed by atoms with E-state index in [0.717, 1.165) is 45.2 Å². The maximum Gasteiger partial charge on any atom is 0.242 e. The molecule has 1 fully saturated rings. The van der Waals surface area contributed by atoms with Gasteiger partial charge >= 0.3 is 0 Å². The number of aryl methyl sites for hydroxylation is 1. The minimum atomic E-state index is -0.227. The molecule has 6 heteroatoms. The number of likely N-dealkylation sites (tertiary alicyclic amines) is 1. The Morgan fingerprint density at radius 2 is 2.29 bits per heavy atom. The number of rotatable bonds is 6. The van der Waals surface area contributed by atoms with Crippen molar-refractivity contribution in [3.8, 4) is 0 Å². The van der Waals surface area contributed by atoms with E-state index in [-0.39, 0.29) is 18.1 Å². The molecule has 1 saturated heterocycles. The van der Waals surface area contributed by atoms with Crippen LogP contribution in [-0.2, 0) is 4.79 Å². The highest BCUT2D eigenvalue weighted by molar-refractivity contribution is 5.94. The molecule has 6 nitrogen and oxygen atoms in total. The van der Waals surface area contributed by atoms with Crippen LogP contribution in [0.25, 0.3) is 0 Å². The van der Waals surface area contributed by atoms with Gasteiger partial charge in [0, 0.05) is 19.2 Å². The number of aliphatic hydroxyl groups is 1. The average molecular weight is 295 g/mol. The van der Waals surface area contributed by atoms with Crippen molar-refractivity contribution in [1.29, 1.82) is 0 Å². The zero-order chi connectivity index (χ0) is 15.2. The van der Waals surface area contributed by atoms with Crippen LogP contribution in [0.3, 0.4) is 0 Å². The average Bonchev–Trinajstić information content (AvgIpc) is 2.86. The summed E-state index contributed by atoms with van der Waals surface area (Å²) in [6.45, 7) is 5.45. The van der Waals surface area contributed by atoms with Crippen molar-refractivity contribution in [3.63, 3.8) is 0 Å². The lowest BCUT2D eigenvalue weighted by Gasteiger charge is -2.35. The molecule has 0 bridgehead atoms. The highest BCUT2D eigenvalue weighted by Crippen LogP contribution is 2.18. The molecule has 1 unspecified atom stereocenters. The molecule has 0 saturated carbocycles. The molecule has 0 radical (unpaired) electrons. The van der Waals surface area contributed by atoms with Crippen LogP contribution >= 0.6 is 0 Å². The number of hydrogen-bond donors (Lipinski definition) is 2. The van der Waals surface area contributed by atoms with Gasteiger partial charge in [0.1, 0.15) is 5.76 Å².